The summed E-state index contributed by atoms with van der Waals surface area (Å²) in [4.78, 5) is 25.0. The van der Waals surface area contributed by atoms with Crippen LogP contribution in [0, 0.1) is 17.8 Å². The Kier molecular flexibility index (Phi) is 4.97. The van der Waals surface area contributed by atoms with Gasteiger partial charge in [-0.3, -0.25) is 10.1 Å². The molecular formula is C22H32N3O2+. The molecule has 5 heteroatoms. The van der Waals surface area contributed by atoms with Crippen LogP contribution in [0.4, 0.5) is 4.79 Å². The first kappa shape index (κ1) is 18.5. The number of hydrogen-bond donors (Lipinski definition) is 3. The molecule has 2 atom stereocenters. The zero-order valence-corrected chi connectivity index (χ0v) is 16.4. The van der Waals surface area contributed by atoms with Crippen molar-refractivity contribution in [2.45, 2.75) is 70.0 Å². The number of hydrogen-bond acceptors (Lipinski definition) is 2. The molecule has 4 saturated carbocycles. The zero-order valence-electron chi connectivity index (χ0n) is 16.4. The van der Waals surface area contributed by atoms with E-state index in [1.807, 2.05) is 30.4 Å². The van der Waals surface area contributed by atoms with Gasteiger partial charge in [0.25, 0.3) is 5.91 Å². The van der Waals surface area contributed by atoms with E-state index >= 15 is 0 Å². The van der Waals surface area contributed by atoms with Gasteiger partial charge >= 0.3 is 6.03 Å². The minimum Gasteiger partial charge on any atom is -0.332 e. The molecular weight excluding hydrogens is 338 g/mol. The molecule has 5 nitrogen and oxygen atoms in total. The van der Waals surface area contributed by atoms with Gasteiger partial charge in [-0.25, -0.2) is 4.79 Å². The highest BCUT2D eigenvalue weighted by Gasteiger charge is 2.51. The predicted molar refractivity (Wildman–Crippen MR) is 104 cm³/mol. The summed E-state index contributed by atoms with van der Waals surface area (Å²) < 4.78 is 0. The third-order valence-corrected chi connectivity index (χ3v) is 6.97. The first-order chi connectivity index (χ1) is 12.9. The van der Waals surface area contributed by atoms with Gasteiger partial charge in [0, 0.05) is 11.1 Å². The smallest absolute Gasteiger partial charge is 0.322 e. The number of urea groups is 1. The van der Waals surface area contributed by atoms with Gasteiger partial charge in [-0.05, 0) is 70.1 Å². The lowest BCUT2D eigenvalue weighted by molar-refractivity contribution is -0.710. The molecule has 0 spiro atoms. The Morgan fingerprint density at radius 3 is 2.11 bits per heavy atom. The molecule has 1 aromatic rings. The summed E-state index contributed by atoms with van der Waals surface area (Å²) in [5, 5.41) is 7.80. The average Bonchev–Trinajstić information content (AvgIpc) is 2.60. The molecule has 0 aliphatic heterocycles. The van der Waals surface area contributed by atoms with E-state index in [2.05, 4.69) is 29.7 Å². The van der Waals surface area contributed by atoms with Gasteiger partial charge in [0.2, 0.25) is 0 Å². The maximum Gasteiger partial charge on any atom is 0.322 e. The van der Waals surface area contributed by atoms with Gasteiger partial charge in [-0.1, -0.05) is 30.3 Å². The van der Waals surface area contributed by atoms with Crippen LogP contribution in [0.15, 0.2) is 30.3 Å². The predicted octanol–water partition coefficient (Wildman–Crippen LogP) is 2.49. The largest absolute Gasteiger partial charge is 0.332 e. The van der Waals surface area contributed by atoms with E-state index in [0.717, 1.165) is 37.0 Å². The molecule has 0 radical (unpaired) electrons. The van der Waals surface area contributed by atoms with Crippen LogP contribution in [0.3, 0.4) is 0 Å². The van der Waals surface area contributed by atoms with E-state index in [0.29, 0.717) is 0 Å². The van der Waals surface area contributed by atoms with Gasteiger partial charge in [0.15, 0.2) is 6.04 Å². The number of rotatable bonds is 5. The number of carbonyl (C=O) groups is 2. The molecule has 5 rings (SSSR count). The first-order valence-electron chi connectivity index (χ1n) is 10.5. The highest BCUT2D eigenvalue weighted by atomic mass is 16.2. The van der Waals surface area contributed by atoms with E-state index in [9.17, 15) is 9.59 Å². The Balaban J connectivity index is 1.29. The Morgan fingerprint density at radius 1 is 1.00 bits per heavy atom. The van der Waals surface area contributed by atoms with Gasteiger partial charge in [-0.2, -0.15) is 0 Å². The monoisotopic (exact) mass is 370 g/mol. The number of amides is 3. The van der Waals surface area contributed by atoms with Crippen LogP contribution in [0.2, 0.25) is 0 Å². The van der Waals surface area contributed by atoms with E-state index < -0.39 is 0 Å². The number of nitrogens with two attached hydrogens (primary N) is 1. The Labute approximate surface area is 161 Å². The topological polar surface area (TPSA) is 74.8 Å². The molecule has 0 heterocycles. The van der Waals surface area contributed by atoms with Crippen molar-refractivity contribution < 1.29 is 14.9 Å². The van der Waals surface area contributed by atoms with Crippen LogP contribution in [-0.4, -0.2) is 23.5 Å². The Hall–Kier alpha value is -1.88. The summed E-state index contributed by atoms with van der Waals surface area (Å²) in [5.41, 5.74) is 1.11. The summed E-state index contributed by atoms with van der Waals surface area (Å²) in [6.07, 6.45) is 7.29. The van der Waals surface area contributed by atoms with Crippen molar-refractivity contribution in [3.8, 4) is 0 Å². The average molecular weight is 371 g/mol. The highest BCUT2D eigenvalue weighted by molar-refractivity contribution is 5.96. The summed E-state index contributed by atoms with van der Waals surface area (Å²) in [6.45, 7) is 3.93. The van der Waals surface area contributed by atoms with Crippen molar-refractivity contribution in [2.75, 3.05) is 0 Å². The van der Waals surface area contributed by atoms with Crippen molar-refractivity contribution in [1.82, 2.24) is 10.6 Å². The minimum atomic E-state index is -0.317. The molecule has 0 saturated heterocycles. The van der Waals surface area contributed by atoms with Gasteiger partial charge in [-0.15, -0.1) is 0 Å². The molecule has 27 heavy (non-hydrogen) atoms. The molecule has 1 aromatic carbocycles. The van der Waals surface area contributed by atoms with Gasteiger partial charge in [0.1, 0.15) is 6.04 Å². The molecule has 0 aromatic heterocycles. The summed E-state index contributed by atoms with van der Waals surface area (Å²) in [6, 6.07) is 9.65. The molecule has 4 bridgehead atoms. The maximum absolute atomic E-state index is 12.5. The number of carbonyl (C=O) groups excluding carboxylic acids is 2. The summed E-state index contributed by atoms with van der Waals surface area (Å²) in [5.74, 6) is 2.09. The van der Waals surface area contributed by atoms with Crippen LogP contribution in [0.5, 0.6) is 0 Å². The molecule has 4 aliphatic rings. The fraction of sp³-hybridized carbons (Fsp3) is 0.636. The molecule has 4 N–H and O–H groups in total. The van der Waals surface area contributed by atoms with Crippen molar-refractivity contribution in [3.05, 3.63) is 35.9 Å². The van der Waals surface area contributed by atoms with Crippen LogP contribution >= 0.6 is 0 Å². The summed E-state index contributed by atoms with van der Waals surface area (Å²) >= 11 is 0. The quantitative estimate of drug-likeness (QED) is 0.745. The fourth-order valence-electron chi connectivity index (χ4n) is 6.15. The number of nitrogens with one attached hydrogen (secondary N) is 2. The first-order valence-corrected chi connectivity index (χ1v) is 10.5. The Bertz CT molecular complexity index is 667. The van der Waals surface area contributed by atoms with Crippen molar-refractivity contribution in [3.63, 3.8) is 0 Å². The lowest BCUT2D eigenvalue weighted by Gasteiger charge is -2.56. The van der Waals surface area contributed by atoms with E-state index in [-0.39, 0.29) is 29.6 Å². The fourth-order valence-corrected chi connectivity index (χ4v) is 6.15. The second-order valence-corrected chi connectivity index (χ2v) is 9.32. The lowest BCUT2D eigenvalue weighted by atomic mass is 9.53. The third kappa shape index (κ3) is 4.03. The molecule has 0 unspecified atom stereocenters. The van der Waals surface area contributed by atoms with Crippen LogP contribution in [-0.2, 0) is 4.79 Å². The van der Waals surface area contributed by atoms with E-state index in [1.165, 1.54) is 24.8 Å². The minimum absolute atomic E-state index is 0.0661. The number of benzene rings is 1. The van der Waals surface area contributed by atoms with Crippen molar-refractivity contribution >= 4 is 11.9 Å². The van der Waals surface area contributed by atoms with Gasteiger partial charge in [0.05, 0.1) is 0 Å². The SMILES string of the molecule is C[C@H]([NH2+][C@@H](C)c1ccccc1)C(=O)NC(=O)NC12CC3CC(CC(C3)C1)C2. The van der Waals surface area contributed by atoms with E-state index in [4.69, 9.17) is 0 Å². The van der Waals surface area contributed by atoms with Crippen LogP contribution in [0.1, 0.15) is 64.0 Å². The molecule has 3 amide bonds. The summed E-state index contributed by atoms with van der Waals surface area (Å²) in [7, 11) is 0. The van der Waals surface area contributed by atoms with Crippen molar-refractivity contribution in [1.29, 1.82) is 0 Å². The second kappa shape index (κ2) is 7.27. The van der Waals surface area contributed by atoms with E-state index in [1.54, 1.807) is 0 Å². The lowest BCUT2D eigenvalue weighted by Crippen LogP contribution is -2.92. The second-order valence-electron chi connectivity index (χ2n) is 9.32. The van der Waals surface area contributed by atoms with Crippen LogP contribution in [0.25, 0.3) is 0 Å². The number of quaternary nitrogens is 1. The van der Waals surface area contributed by atoms with Gasteiger partial charge < -0.3 is 10.6 Å². The standard InChI is InChI=1S/C22H31N3O2/c1-14(19-6-4-3-5-7-19)23-15(2)20(26)24-21(27)25-22-11-16-8-17(12-22)10-18(9-16)13-22/h3-7,14-18,23H,8-13H2,1-2H3,(H2,24,25,26,27)/p+1/t14-,15-,16?,17?,18?,22?/m0/s1. The zero-order chi connectivity index (χ0) is 19.0. The maximum atomic E-state index is 12.5. The molecule has 4 aliphatic carbocycles. The molecule has 146 valence electrons. The highest BCUT2D eigenvalue weighted by Crippen LogP contribution is 2.55. The van der Waals surface area contributed by atoms with Crippen LogP contribution < -0.4 is 16.0 Å². The molecule has 4 fully saturated rings. The van der Waals surface area contributed by atoms with Crippen molar-refractivity contribution in [2.24, 2.45) is 17.8 Å². The Morgan fingerprint density at radius 2 is 1.56 bits per heavy atom. The number of imide groups is 1. The third-order valence-electron chi connectivity index (χ3n) is 6.97. The normalized spacial score (nSPS) is 33.3.